The molecule has 2 aromatic carbocycles. The second kappa shape index (κ2) is 6.09. The topological polar surface area (TPSA) is 56.1 Å². The largest absolute Gasteiger partial charge is 0.368 e. The van der Waals surface area contributed by atoms with Crippen LogP contribution in [0.2, 0.25) is 0 Å². The van der Waals surface area contributed by atoms with E-state index in [4.69, 9.17) is 4.74 Å². The second-order valence-corrected chi connectivity index (χ2v) is 6.02. The fraction of sp³-hybridized carbons (Fsp3) is 0.263. The van der Waals surface area contributed by atoms with Crippen LogP contribution in [0.1, 0.15) is 18.7 Å². The average molecular weight is 321 g/mol. The van der Waals surface area contributed by atoms with Gasteiger partial charge in [-0.05, 0) is 50.1 Å². The number of aryl methyl sites for hydroxylation is 1. The third kappa shape index (κ3) is 2.67. The number of rotatable bonds is 3. The quantitative estimate of drug-likeness (QED) is 0.804. The summed E-state index contributed by atoms with van der Waals surface area (Å²) in [5.41, 5.74) is 3.71. The van der Waals surface area contributed by atoms with Crippen molar-refractivity contribution in [2.75, 3.05) is 11.9 Å². The van der Waals surface area contributed by atoms with Crippen LogP contribution < -0.4 is 5.32 Å². The number of hydrogen-bond donors (Lipinski definition) is 1. The predicted octanol–water partition coefficient (Wildman–Crippen LogP) is 3.45. The Morgan fingerprint density at radius 1 is 1.25 bits per heavy atom. The summed E-state index contributed by atoms with van der Waals surface area (Å²) in [6.07, 6.45) is 1.40. The molecule has 0 spiro atoms. The van der Waals surface area contributed by atoms with E-state index in [9.17, 15) is 4.79 Å². The number of aromatic nitrogens is 2. The van der Waals surface area contributed by atoms with Gasteiger partial charge in [0.25, 0.3) is 5.91 Å². The van der Waals surface area contributed by atoms with Crippen molar-refractivity contribution in [3.05, 3.63) is 54.4 Å². The molecule has 5 nitrogen and oxygen atoms in total. The first-order chi connectivity index (χ1) is 11.7. The summed E-state index contributed by atoms with van der Waals surface area (Å²) in [4.78, 5) is 16.8. The van der Waals surface area contributed by atoms with Gasteiger partial charge in [0.1, 0.15) is 11.9 Å². The molecule has 2 heterocycles. The van der Waals surface area contributed by atoms with Gasteiger partial charge in [0.15, 0.2) is 0 Å². The Balaban J connectivity index is 1.66. The fourth-order valence-electron chi connectivity index (χ4n) is 3.19. The minimum atomic E-state index is -0.329. The third-order valence-electron chi connectivity index (χ3n) is 4.33. The highest BCUT2D eigenvalue weighted by Crippen LogP contribution is 2.24. The highest BCUT2D eigenvalue weighted by Gasteiger charge is 2.23. The van der Waals surface area contributed by atoms with E-state index in [0.717, 1.165) is 41.1 Å². The molecule has 0 aliphatic carbocycles. The number of amides is 1. The molecular formula is C19H19N3O2. The first kappa shape index (κ1) is 14.9. The van der Waals surface area contributed by atoms with Crippen molar-refractivity contribution in [1.29, 1.82) is 0 Å². The number of nitrogens with one attached hydrogen (secondary N) is 1. The fourth-order valence-corrected chi connectivity index (χ4v) is 3.19. The second-order valence-electron chi connectivity index (χ2n) is 6.02. The van der Waals surface area contributed by atoms with Crippen molar-refractivity contribution in [3.8, 4) is 5.69 Å². The van der Waals surface area contributed by atoms with Crippen LogP contribution in [-0.2, 0) is 9.53 Å². The van der Waals surface area contributed by atoms with Crippen molar-refractivity contribution >= 4 is 22.6 Å². The van der Waals surface area contributed by atoms with E-state index in [-0.39, 0.29) is 12.0 Å². The zero-order chi connectivity index (χ0) is 16.5. The maximum absolute atomic E-state index is 12.2. The Morgan fingerprint density at radius 3 is 2.83 bits per heavy atom. The maximum atomic E-state index is 12.2. The molecule has 5 heteroatoms. The standard InChI is InChI=1S/C19H19N3O2/c1-13-20-16-12-14(21-19(23)18-8-5-11-24-18)9-10-17(16)22(13)15-6-3-2-4-7-15/h2-4,6-7,9-10,12,18H,5,8,11H2,1H3,(H,21,23)/t18-/m1/s1. The van der Waals surface area contributed by atoms with E-state index in [1.165, 1.54) is 0 Å². The van der Waals surface area contributed by atoms with Gasteiger partial charge in [0, 0.05) is 18.0 Å². The van der Waals surface area contributed by atoms with E-state index in [1.807, 2.05) is 43.3 Å². The molecule has 24 heavy (non-hydrogen) atoms. The molecule has 0 saturated carbocycles. The van der Waals surface area contributed by atoms with Crippen LogP contribution in [0.4, 0.5) is 5.69 Å². The highest BCUT2D eigenvalue weighted by molar-refractivity contribution is 5.96. The summed E-state index contributed by atoms with van der Waals surface area (Å²) < 4.78 is 7.54. The van der Waals surface area contributed by atoms with Crippen LogP contribution in [0.15, 0.2) is 48.5 Å². The average Bonchev–Trinajstić information content (AvgIpc) is 3.22. The summed E-state index contributed by atoms with van der Waals surface area (Å²) in [5, 5.41) is 2.93. The lowest BCUT2D eigenvalue weighted by atomic mass is 10.2. The van der Waals surface area contributed by atoms with Crippen LogP contribution >= 0.6 is 0 Å². The maximum Gasteiger partial charge on any atom is 0.253 e. The van der Waals surface area contributed by atoms with E-state index in [2.05, 4.69) is 27.0 Å². The van der Waals surface area contributed by atoms with Gasteiger partial charge in [-0.15, -0.1) is 0 Å². The van der Waals surface area contributed by atoms with Gasteiger partial charge in [0.2, 0.25) is 0 Å². The summed E-state index contributed by atoms with van der Waals surface area (Å²) in [6, 6.07) is 15.9. The molecule has 0 bridgehead atoms. The summed E-state index contributed by atoms with van der Waals surface area (Å²) >= 11 is 0. The Labute approximate surface area is 140 Å². The highest BCUT2D eigenvalue weighted by atomic mass is 16.5. The molecule has 1 aliphatic rings. The van der Waals surface area contributed by atoms with E-state index in [1.54, 1.807) is 0 Å². The molecule has 1 aliphatic heterocycles. The molecule has 0 unspecified atom stereocenters. The third-order valence-corrected chi connectivity index (χ3v) is 4.33. The van der Waals surface area contributed by atoms with Crippen LogP contribution in [0.25, 0.3) is 16.7 Å². The van der Waals surface area contributed by atoms with Gasteiger partial charge in [-0.25, -0.2) is 4.98 Å². The van der Waals surface area contributed by atoms with Crippen LogP contribution in [0.3, 0.4) is 0 Å². The number of carbonyl (C=O) groups is 1. The SMILES string of the molecule is Cc1nc2cc(NC(=O)[C@H]3CCCO3)ccc2n1-c1ccccc1. The van der Waals surface area contributed by atoms with Crippen molar-refractivity contribution in [3.63, 3.8) is 0 Å². The van der Waals surface area contributed by atoms with E-state index >= 15 is 0 Å². The number of para-hydroxylation sites is 1. The van der Waals surface area contributed by atoms with Crippen molar-refractivity contribution in [2.45, 2.75) is 25.9 Å². The molecule has 0 radical (unpaired) electrons. The monoisotopic (exact) mass is 321 g/mol. The van der Waals surface area contributed by atoms with Crippen molar-refractivity contribution in [2.24, 2.45) is 0 Å². The lowest BCUT2D eigenvalue weighted by Gasteiger charge is -2.10. The number of ether oxygens (including phenoxy) is 1. The summed E-state index contributed by atoms with van der Waals surface area (Å²) in [6.45, 7) is 2.65. The first-order valence-corrected chi connectivity index (χ1v) is 8.19. The number of fused-ring (bicyclic) bond motifs is 1. The number of nitrogens with zero attached hydrogens (tertiary/aromatic N) is 2. The van der Waals surface area contributed by atoms with Gasteiger partial charge < -0.3 is 10.1 Å². The van der Waals surface area contributed by atoms with Crippen LogP contribution in [0.5, 0.6) is 0 Å². The van der Waals surface area contributed by atoms with E-state index < -0.39 is 0 Å². The normalized spacial score (nSPS) is 17.3. The molecule has 1 amide bonds. The van der Waals surface area contributed by atoms with Gasteiger partial charge >= 0.3 is 0 Å². The Hall–Kier alpha value is -2.66. The summed E-state index contributed by atoms with van der Waals surface area (Å²) in [7, 11) is 0. The van der Waals surface area contributed by atoms with Crippen LogP contribution in [-0.4, -0.2) is 28.2 Å². The Morgan fingerprint density at radius 2 is 2.08 bits per heavy atom. The summed E-state index contributed by atoms with van der Waals surface area (Å²) in [5.74, 6) is 0.838. The van der Waals surface area contributed by atoms with Gasteiger partial charge in [-0.2, -0.15) is 0 Å². The number of anilines is 1. The number of imidazole rings is 1. The number of carbonyl (C=O) groups excluding carboxylic acids is 1. The first-order valence-electron chi connectivity index (χ1n) is 8.19. The zero-order valence-electron chi connectivity index (χ0n) is 13.5. The molecule has 3 aromatic rings. The molecular weight excluding hydrogens is 302 g/mol. The number of benzene rings is 2. The lowest BCUT2D eigenvalue weighted by molar-refractivity contribution is -0.124. The molecule has 1 saturated heterocycles. The Kier molecular flexibility index (Phi) is 3.78. The molecule has 1 fully saturated rings. The van der Waals surface area contributed by atoms with Crippen molar-refractivity contribution < 1.29 is 9.53 Å². The molecule has 122 valence electrons. The predicted molar refractivity (Wildman–Crippen MR) is 93.4 cm³/mol. The molecule has 1 atom stereocenters. The Bertz CT molecular complexity index is 880. The molecule has 1 N–H and O–H groups in total. The molecule has 4 rings (SSSR count). The van der Waals surface area contributed by atoms with Gasteiger partial charge in [-0.3, -0.25) is 9.36 Å². The van der Waals surface area contributed by atoms with Gasteiger partial charge in [-0.1, -0.05) is 18.2 Å². The van der Waals surface area contributed by atoms with Crippen molar-refractivity contribution in [1.82, 2.24) is 9.55 Å². The lowest BCUT2D eigenvalue weighted by Crippen LogP contribution is -2.26. The minimum Gasteiger partial charge on any atom is -0.368 e. The van der Waals surface area contributed by atoms with E-state index in [0.29, 0.717) is 6.61 Å². The minimum absolute atomic E-state index is 0.0777. The molecule has 1 aromatic heterocycles. The smallest absolute Gasteiger partial charge is 0.253 e. The number of hydrogen-bond acceptors (Lipinski definition) is 3. The zero-order valence-corrected chi connectivity index (χ0v) is 13.5. The van der Waals surface area contributed by atoms with Crippen LogP contribution in [0, 0.1) is 6.92 Å². The van der Waals surface area contributed by atoms with Gasteiger partial charge in [0.05, 0.1) is 11.0 Å².